The van der Waals surface area contributed by atoms with E-state index in [0.717, 1.165) is 0 Å². The zero-order valence-electron chi connectivity index (χ0n) is 9.67. The summed E-state index contributed by atoms with van der Waals surface area (Å²) in [5.74, 6) is 0.685. The van der Waals surface area contributed by atoms with Gasteiger partial charge in [0.05, 0.1) is 36.8 Å². The van der Waals surface area contributed by atoms with E-state index in [-0.39, 0.29) is 5.69 Å². The highest BCUT2D eigenvalue weighted by Crippen LogP contribution is 2.36. The molecule has 6 nitrogen and oxygen atoms in total. The molecule has 0 aliphatic rings. The molecule has 0 aliphatic heterocycles. The molecule has 0 aromatic heterocycles. The van der Waals surface area contributed by atoms with Gasteiger partial charge < -0.3 is 15.2 Å². The Balaban J connectivity index is 3.45. The summed E-state index contributed by atoms with van der Waals surface area (Å²) in [5, 5.41) is 10.9. The van der Waals surface area contributed by atoms with Gasteiger partial charge in [-0.05, 0) is 6.07 Å². The molecule has 6 heteroatoms. The summed E-state index contributed by atoms with van der Waals surface area (Å²) in [4.78, 5) is 10.4. The van der Waals surface area contributed by atoms with E-state index in [1.165, 1.54) is 32.4 Å². The first-order valence-corrected chi connectivity index (χ1v) is 4.83. The second kappa shape index (κ2) is 5.31. The summed E-state index contributed by atoms with van der Waals surface area (Å²) in [5.41, 5.74) is 5.95. The maximum atomic E-state index is 10.9. The highest BCUT2D eigenvalue weighted by molar-refractivity contribution is 5.56. The van der Waals surface area contributed by atoms with Gasteiger partial charge in [0.1, 0.15) is 0 Å². The van der Waals surface area contributed by atoms with Gasteiger partial charge in [0.15, 0.2) is 11.5 Å². The van der Waals surface area contributed by atoms with E-state index in [0.29, 0.717) is 17.1 Å². The summed E-state index contributed by atoms with van der Waals surface area (Å²) < 4.78 is 10.1. The third kappa shape index (κ3) is 2.54. The molecule has 1 rings (SSSR count). The number of nitro groups is 1. The molecular formula is C11H14N2O4. The summed E-state index contributed by atoms with van der Waals surface area (Å²) in [6.45, 7) is 3.52. The van der Waals surface area contributed by atoms with Crippen molar-refractivity contribution in [3.05, 3.63) is 40.5 Å². The summed E-state index contributed by atoms with van der Waals surface area (Å²) in [6, 6.07) is 2.15. The Morgan fingerprint density at radius 3 is 2.35 bits per heavy atom. The lowest BCUT2D eigenvalue weighted by atomic mass is 10.0. The van der Waals surface area contributed by atoms with Crippen LogP contribution in [0, 0.1) is 10.1 Å². The fourth-order valence-corrected chi connectivity index (χ4v) is 1.44. The lowest BCUT2D eigenvalue weighted by Gasteiger charge is -2.12. The number of rotatable bonds is 5. The lowest BCUT2D eigenvalue weighted by molar-refractivity contribution is -0.385. The minimum atomic E-state index is -0.629. The number of benzene rings is 1. The van der Waals surface area contributed by atoms with E-state index in [9.17, 15) is 10.1 Å². The average Bonchev–Trinajstić information content (AvgIpc) is 2.35. The van der Waals surface area contributed by atoms with Gasteiger partial charge >= 0.3 is 0 Å². The van der Waals surface area contributed by atoms with Gasteiger partial charge in [-0.1, -0.05) is 6.08 Å². The number of ether oxygens (including phenoxy) is 2. The van der Waals surface area contributed by atoms with Crippen molar-refractivity contribution in [3.8, 4) is 11.5 Å². The Labute approximate surface area is 98.8 Å². The Hall–Kier alpha value is -2.08. The molecule has 0 bridgehead atoms. The van der Waals surface area contributed by atoms with Crippen LogP contribution in [-0.2, 0) is 0 Å². The fraction of sp³-hybridized carbons (Fsp3) is 0.273. The van der Waals surface area contributed by atoms with Gasteiger partial charge in [0.2, 0.25) is 0 Å². The van der Waals surface area contributed by atoms with E-state index in [4.69, 9.17) is 15.2 Å². The van der Waals surface area contributed by atoms with Crippen molar-refractivity contribution >= 4 is 5.69 Å². The molecule has 0 amide bonds. The Morgan fingerprint density at radius 2 is 1.94 bits per heavy atom. The largest absolute Gasteiger partial charge is 0.493 e. The molecule has 0 unspecified atom stereocenters. The number of hydrogen-bond donors (Lipinski definition) is 1. The maximum Gasteiger partial charge on any atom is 0.278 e. The number of hydrogen-bond acceptors (Lipinski definition) is 5. The van der Waals surface area contributed by atoms with E-state index >= 15 is 0 Å². The molecule has 0 spiro atoms. The van der Waals surface area contributed by atoms with Gasteiger partial charge in [0.25, 0.3) is 5.69 Å². The SMILES string of the molecule is C=C[C@@H](N)c1cc(OC)c(OC)cc1[N+](=O)[O-]. The van der Waals surface area contributed by atoms with Crippen LogP contribution in [0.15, 0.2) is 24.8 Å². The predicted molar refractivity (Wildman–Crippen MR) is 63.3 cm³/mol. The average molecular weight is 238 g/mol. The quantitative estimate of drug-likeness (QED) is 0.480. The van der Waals surface area contributed by atoms with Crippen molar-refractivity contribution in [1.29, 1.82) is 0 Å². The normalized spacial score (nSPS) is 11.7. The Morgan fingerprint density at radius 1 is 1.41 bits per heavy atom. The minimum absolute atomic E-state index is 0.116. The molecule has 17 heavy (non-hydrogen) atoms. The molecule has 92 valence electrons. The highest BCUT2D eigenvalue weighted by atomic mass is 16.6. The molecule has 0 aliphatic carbocycles. The Kier molecular flexibility index (Phi) is 4.06. The number of nitrogens with zero attached hydrogens (tertiary/aromatic N) is 1. The second-order valence-electron chi connectivity index (χ2n) is 3.28. The van der Waals surface area contributed by atoms with Gasteiger partial charge in [-0.3, -0.25) is 10.1 Å². The first kappa shape index (κ1) is 13.0. The van der Waals surface area contributed by atoms with Gasteiger partial charge in [-0.25, -0.2) is 0 Å². The van der Waals surface area contributed by atoms with Crippen LogP contribution in [-0.4, -0.2) is 19.1 Å². The number of methoxy groups -OCH3 is 2. The van der Waals surface area contributed by atoms with Crippen LogP contribution in [0.25, 0.3) is 0 Å². The molecule has 0 radical (unpaired) electrons. The topological polar surface area (TPSA) is 87.6 Å². The zero-order valence-corrected chi connectivity index (χ0v) is 9.67. The molecule has 0 fully saturated rings. The van der Waals surface area contributed by atoms with Crippen LogP contribution < -0.4 is 15.2 Å². The fourth-order valence-electron chi connectivity index (χ4n) is 1.44. The molecule has 2 N–H and O–H groups in total. The van der Waals surface area contributed by atoms with E-state index in [1.807, 2.05) is 0 Å². The van der Waals surface area contributed by atoms with Crippen molar-refractivity contribution < 1.29 is 14.4 Å². The maximum absolute atomic E-state index is 10.9. The van der Waals surface area contributed by atoms with Gasteiger partial charge in [-0.2, -0.15) is 0 Å². The Bertz CT molecular complexity index is 445. The van der Waals surface area contributed by atoms with Crippen molar-refractivity contribution in [2.24, 2.45) is 5.73 Å². The van der Waals surface area contributed by atoms with Crippen molar-refractivity contribution in [2.75, 3.05) is 14.2 Å². The van der Waals surface area contributed by atoms with E-state index in [2.05, 4.69) is 6.58 Å². The first-order valence-electron chi connectivity index (χ1n) is 4.83. The van der Waals surface area contributed by atoms with Crippen molar-refractivity contribution in [1.82, 2.24) is 0 Å². The minimum Gasteiger partial charge on any atom is -0.493 e. The standard InChI is InChI=1S/C11H14N2O4/c1-4-8(12)7-5-10(16-2)11(17-3)6-9(7)13(14)15/h4-6,8H,1,12H2,2-3H3/t8-/m1/s1. The second-order valence-corrected chi connectivity index (χ2v) is 3.28. The molecule has 0 saturated heterocycles. The number of nitrogens with two attached hydrogens (primary N) is 1. The molecule has 0 saturated carbocycles. The molecule has 0 heterocycles. The van der Waals surface area contributed by atoms with Crippen LogP contribution >= 0.6 is 0 Å². The van der Waals surface area contributed by atoms with Crippen molar-refractivity contribution in [3.63, 3.8) is 0 Å². The summed E-state index contributed by atoms with van der Waals surface area (Å²) >= 11 is 0. The first-order chi connectivity index (χ1) is 8.04. The zero-order chi connectivity index (χ0) is 13.0. The van der Waals surface area contributed by atoms with E-state index < -0.39 is 11.0 Å². The summed E-state index contributed by atoms with van der Waals surface area (Å²) in [7, 11) is 2.86. The predicted octanol–water partition coefficient (Wildman–Crippen LogP) is 1.80. The third-order valence-electron chi connectivity index (χ3n) is 2.34. The van der Waals surface area contributed by atoms with Crippen LogP contribution in [0.5, 0.6) is 11.5 Å². The molecular weight excluding hydrogens is 224 g/mol. The lowest BCUT2D eigenvalue weighted by Crippen LogP contribution is -2.10. The third-order valence-corrected chi connectivity index (χ3v) is 2.34. The smallest absolute Gasteiger partial charge is 0.278 e. The van der Waals surface area contributed by atoms with Gasteiger partial charge in [-0.15, -0.1) is 6.58 Å². The van der Waals surface area contributed by atoms with E-state index in [1.54, 1.807) is 0 Å². The monoisotopic (exact) mass is 238 g/mol. The molecule has 1 aromatic rings. The van der Waals surface area contributed by atoms with Crippen LogP contribution in [0.1, 0.15) is 11.6 Å². The number of nitro benzene ring substituents is 1. The van der Waals surface area contributed by atoms with Crippen LogP contribution in [0.3, 0.4) is 0 Å². The summed E-state index contributed by atoms with van der Waals surface area (Å²) in [6.07, 6.45) is 1.42. The molecule has 1 atom stereocenters. The van der Waals surface area contributed by atoms with Gasteiger partial charge in [0, 0.05) is 0 Å². The van der Waals surface area contributed by atoms with Crippen molar-refractivity contribution in [2.45, 2.75) is 6.04 Å². The van der Waals surface area contributed by atoms with Crippen LogP contribution in [0.4, 0.5) is 5.69 Å². The van der Waals surface area contributed by atoms with Crippen LogP contribution in [0.2, 0.25) is 0 Å². The molecule has 1 aromatic carbocycles. The highest BCUT2D eigenvalue weighted by Gasteiger charge is 2.22.